The SMILES string of the molecule is CCCCCCC(C)(C)c1cc(O)c(C2CCN(C)CC2)c(O)c1. The van der Waals surface area contributed by atoms with E-state index in [0.717, 1.165) is 43.5 Å². The van der Waals surface area contributed by atoms with Crippen molar-refractivity contribution < 1.29 is 10.2 Å². The van der Waals surface area contributed by atoms with Gasteiger partial charge in [0.1, 0.15) is 11.5 Å². The zero-order valence-electron chi connectivity index (χ0n) is 15.9. The first kappa shape index (κ1) is 19.1. The second-order valence-electron chi connectivity index (χ2n) is 8.20. The Bertz CT molecular complexity index is 508. The minimum absolute atomic E-state index is 0.0198. The molecule has 2 N–H and O–H groups in total. The Hall–Kier alpha value is -1.22. The van der Waals surface area contributed by atoms with E-state index in [1.165, 1.54) is 25.7 Å². The van der Waals surface area contributed by atoms with Crippen molar-refractivity contribution in [3.8, 4) is 11.5 Å². The van der Waals surface area contributed by atoms with Crippen molar-refractivity contribution in [1.29, 1.82) is 0 Å². The summed E-state index contributed by atoms with van der Waals surface area (Å²) in [7, 11) is 2.13. The van der Waals surface area contributed by atoms with Crippen molar-refractivity contribution in [3.63, 3.8) is 0 Å². The molecule has 3 heteroatoms. The van der Waals surface area contributed by atoms with Gasteiger partial charge in [0.15, 0.2) is 0 Å². The van der Waals surface area contributed by atoms with Crippen molar-refractivity contribution in [2.24, 2.45) is 0 Å². The summed E-state index contributed by atoms with van der Waals surface area (Å²) in [5, 5.41) is 21.2. The van der Waals surface area contributed by atoms with Gasteiger partial charge in [-0.25, -0.2) is 0 Å². The highest BCUT2D eigenvalue weighted by Gasteiger charge is 2.27. The standard InChI is InChI=1S/C21H35NO2/c1-5-6-7-8-11-21(2,3)17-14-18(23)20(19(24)15-17)16-9-12-22(4)13-10-16/h14-16,23-24H,5-13H2,1-4H3. The molecule has 2 rings (SSSR count). The van der Waals surface area contributed by atoms with Crippen LogP contribution in [0.25, 0.3) is 0 Å². The fourth-order valence-electron chi connectivity index (χ4n) is 3.87. The van der Waals surface area contributed by atoms with Crippen LogP contribution in [0.4, 0.5) is 0 Å². The van der Waals surface area contributed by atoms with Gasteiger partial charge in [0.05, 0.1) is 0 Å². The number of benzene rings is 1. The Morgan fingerprint density at radius 2 is 1.62 bits per heavy atom. The highest BCUT2D eigenvalue weighted by atomic mass is 16.3. The van der Waals surface area contributed by atoms with E-state index >= 15 is 0 Å². The van der Waals surface area contributed by atoms with Gasteiger partial charge in [0, 0.05) is 5.56 Å². The Morgan fingerprint density at radius 1 is 1.04 bits per heavy atom. The van der Waals surface area contributed by atoms with Crippen LogP contribution >= 0.6 is 0 Å². The smallest absolute Gasteiger partial charge is 0.123 e. The number of piperidine rings is 1. The monoisotopic (exact) mass is 333 g/mol. The van der Waals surface area contributed by atoms with Gasteiger partial charge in [-0.05, 0) is 68.4 Å². The lowest BCUT2D eigenvalue weighted by Crippen LogP contribution is -2.29. The van der Waals surface area contributed by atoms with Crippen molar-refractivity contribution in [2.75, 3.05) is 20.1 Å². The first-order chi connectivity index (χ1) is 11.3. The Labute approximate surface area is 147 Å². The molecule has 0 unspecified atom stereocenters. The second-order valence-corrected chi connectivity index (χ2v) is 8.20. The highest BCUT2D eigenvalue weighted by Crippen LogP contribution is 2.43. The summed E-state index contributed by atoms with van der Waals surface area (Å²) in [6.07, 6.45) is 8.05. The minimum Gasteiger partial charge on any atom is -0.508 e. The third-order valence-corrected chi connectivity index (χ3v) is 5.70. The third kappa shape index (κ3) is 4.66. The molecule has 1 aromatic rings. The fourth-order valence-corrected chi connectivity index (χ4v) is 3.87. The number of phenolic OH excluding ortho intramolecular Hbond substituents is 2. The average molecular weight is 334 g/mol. The minimum atomic E-state index is -0.0198. The molecule has 3 nitrogen and oxygen atoms in total. The molecular weight excluding hydrogens is 298 g/mol. The lowest BCUT2D eigenvalue weighted by molar-refractivity contribution is 0.250. The quantitative estimate of drug-likeness (QED) is 0.678. The summed E-state index contributed by atoms with van der Waals surface area (Å²) in [5.41, 5.74) is 1.79. The molecule has 1 heterocycles. The first-order valence-corrected chi connectivity index (χ1v) is 9.60. The zero-order chi connectivity index (χ0) is 17.7. The molecule has 1 saturated heterocycles. The molecular formula is C21H35NO2. The molecule has 0 aliphatic carbocycles. The van der Waals surface area contributed by atoms with E-state index < -0.39 is 0 Å². The molecule has 0 radical (unpaired) electrons. The van der Waals surface area contributed by atoms with Crippen molar-refractivity contribution in [1.82, 2.24) is 4.90 Å². The van der Waals surface area contributed by atoms with E-state index in [4.69, 9.17) is 0 Å². The van der Waals surface area contributed by atoms with Crippen LogP contribution in [0.2, 0.25) is 0 Å². The molecule has 0 aromatic heterocycles. The zero-order valence-corrected chi connectivity index (χ0v) is 15.9. The van der Waals surface area contributed by atoms with E-state index in [1.807, 2.05) is 12.1 Å². The molecule has 0 saturated carbocycles. The van der Waals surface area contributed by atoms with E-state index in [1.54, 1.807) is 0 Å². The Kier molecular flexibility index (Phi) is 6.56. The van der Waals surface area contributed by atoms with Crippen molar-refractivity contribution in [3.05, 3.63) is 23.3 Å². The Morgan fingerprint density at radius 3 is 2.17 bits per heavy atom. The number of unbranched alkanes of at least 4 members (excludes halogenated alkanes) is 3. The molecule has 1 aromatic carbocycles. The van der Waals surface area contributed by atoms with Gasteiger partial charge in [0.25, 0.3) is 0 Å². The molecule has 0 spiro atoms. The maximum atomic E-state index is 10.6. The van der Waals surface area contributed by atoms with E-state index in [-0.39, 0.29) is 22.8 Å². The van der Waals surface area contributed by atoms with Crippen molar-refractivity contribution in [2.45, 2.75) is 77.0 Å². The van der Waals surface area contributed by atoms with Crippen LogP contribution in [0.5, 0.6) is 11.5 Å². The van der Waals surface area contributed by atoms with Gasteiger partial charge in [-0.3, -0.25) is 0 Å². The number of rotatable bonds is 7. The number of aromatic hydroxyl groups is 2. The largest absolute Gasteiger partial charge is 0.508 e. The summed E-state index contributed by atoms with van der Waals surface area (Å²) < 4.78 is 0. The normalized spacial score (nSPS) is 17.3. The van der Waals surface area contributed by atoms with E-state index in [9.17, 15) is 10.2 Å². The van der Waals surface area contributed by atoms with Gasteiger partial charge in [-0.1, -0.05) is 46.5 Å². The van der Waals surface area contributed by atoms with Crippen LogP contribution in [0.1, 0.15) is 82.8 Å². The molecule has 1 aliphatic heterocycles. The molecule has 24 heavy (non-hydrogen) atoms. The highest BCUT2D eigenvalue weighted by molar-refractivity contribution is 5.50. The van der Waals surface area contributed by atoms with Gasteiger partial charge in [-0.15, -0.1) is 0 Å². The van der Waals surface area contributed by atoms with Crippen LogP contribution in [0.3, 0.4) is 0 Å². The molecule has 1 fully saturated rings. The second kappa shape index (κ2) is 8.24. The number of phenols is 2. The number of likely N-dealkylation sites (tertiary alicyclic amines) is 1. The van der Waals surface area contributed by atoms with Crippen LogP contribution in [-0.4, -0.2) is 35.3 Å². The van der Waals surface area contributed by atoms with Gasteiger partial charge >= 0.3 is 0 Å². The summed E-state index contributed by atoms with van der Waals surface area (Å²) in [5.74, 6) is 0.824. The maximum Gasteiger partial charge on any atom is 0.123 e. The molecule has 0 bridgehead atoms. The topological polar surface area (TPSA) is 43.7 Å². The predicted molar refractivity (Wildman–Crippen MR) is 101 cm³/mol. The summed E-state index contributed by atoms with van der Waals surface area (Å²) in [6.45, 7) is 8.69. The van der Waals surface area contributed by atoms with Gasteiger partial charge in [-0.2, -0.15) is 0 Å². The van der Waals surface area contributed by atoms with Gasteiger partial charge in [0.2, 0.25) is 0 Å². The Balaban J connectivity index is 2.13. The summed E-state index contributed by atoms with van der Waals surface area (Å²) >= 11 is 0. The predicted octanol–water partition coefficient (Wildman–Crippen LogP) is 5.16. The number of hydrogen-bond acceptors (Lipinski definition) is 3. The van der Waals surface area contributed by atoms with Gasteiger partial charge < -0.3 is 15.1 Å². The van der Waals surface area contributed by atoms with Crippen molar-refractivity contribution >= 4 is 0 Å². The number of hydrogen-bond donors (Lipinski definition) is 2. The fraction of sp³-hybridized carbons (Fsp3) is 0.714. The van der Waals surface area contributed by atoms with E-state index in [2.05, 4.69) is 32.7 Å². The van der Waals surface area contributed by atoms with Crippen LogP contribution in [-0.2, 0) is 5.41 Å². The van der Waals surface area contributed by atoms with E-state index in [0.29, 0.717) is 0 Å². The average Bonchev–Trinajstić information content (AvgIpc) is 2.52. The molecule has 136 valence electrons. The molecule has 1 aliphatic rings. The van der Waals surface area contributed by atoms with Crippen LogP contribution < -0.4 is 0 Å². The third-order valence-electron chi connectivity index (χ3n) is 5.70. The maximum absolute atomic E-state index is 10.6. The van der Waals surface area contributed by atoms with Crippen LogP contribution in [0.15, 0.2) is 12.1 Å². The first-order valence-electron chi connectivity index (χ1n) is 9.60. The summed E-state index contributed by atoms with van der Waals surface area (Å²) in [6, 6.07) is 3.79. The van der Waals surface area contributed by atoms with Crippen LogP contribution in [0, 0.1) is 0 Å². The lowest BCUT2D eigenvalue weighted by atomic mass is 9.78. The lowest BCUT2D eigenvalue weighted by Gasteiger charge is -2.31. The number of nitrogens with zero attached hydrogens (tertiary/aromatic N) is 1. The molecule has 0 atom stereocenters. The molecule has 0 amide bonds. The summed E-state index contributed by atoms with van der Waals surface area (Å²) in [4.78, 5) is 2.30.